The van der Waals surface area contributed by atoms with Gasteiger partial charge in [-0.25, -0.2) is 23.9 Å². The minimum absolute atomic E-state index is 0.0461. The number of benzene rings is 2. The van der Waals surface area contributed by atoms with E-state index in [9.17, 15) is 24.2 Å². The molecule has 0 fully saturated rings. The van der Waals surface area contributed by atoms with E-state index in [1.807, 2.05) is 12.1 Å². The molecule has 2 atom stereocenters. The smallest absolute Gasteiger partial charge is 0.348 e. The van der Waals surface area contributed by atoms with Gasteiger partial charge < -0.3 is 25.0 Å². The average Bonchev–Trinajstić information content (AvgIpc) is 3.62. The fourth-order valence-electron chi connectivity index (χ4n) is 4.52. The van der Waals surface area contributed by atoms with Crippen LogP contribution in [0.25, 0.3) is 21.4 Å². The molecule has 45 heavy (non-hydrogen) atoms. The van der Waals surface area contributed by atoms with E-state index in [0.717, 1.165) is 10.3 Å². The van der Waals surface area contributed by atoms with Crippen molar-refractivity contribution in [1.82, 2.24) is 24.5 Å². The van der Waals surface area contributed by atoms with E-state index in [0.29, 0.717) is 34.1 Å². The summed E-state index contributed by atoms with van der Waals surface area (Å²) < 4.78 is 27.3. The zero-order valence-electron chi connectivity index (χ0n) is 23.7. The number of halogens is 2. The van der Waals surface area contributed by atoms with Gasteiger partial charge in [-0.3, -0.25) is 4.57 Å². The normalized spacial score (nSPS) is 13.0. The van der Waals surface area contributed by atoms with Gasteiger partial charge in [0, 0.05) is 6.54 Å². The van der Waals surface area contributed by atoms with Gasteiger partial charge >= 0.3 is 11.9 Å². The Morgan fingerprint density at radius 2 is 1.89 bits per heavy atom. The molecule has 0 aliphatic carbocycles. The highest BCUT2D eigenvalue weighted by Crippen LogP contribution is 2.29. The second kappa shape index (κ2) is 13.5. The molecular weight excluding hydrogens is 627 g/mol. The lowest BCUT2D eigenvalue weighted by atomic mass is 10.00. The number of carbonyl (C=O) groups is 2. The molecule has 0 radical (unpaired) electrons. The van der Waals surface area contributed by atoms with E-state index in [1.165, 1.54) is 29.8 Å². The number of para-hydroxylation sites is 1. The number of hydrogen-bond donors (Lipinski definition) is 3. The Bertz CT molecular complexity index is 1840. The van der Waals surface area contributed by atoms with E-state index in [1.54, 1.807) is 35.8 Å². The van der Waals surface area contributed by atoms with Gasteiger partial charge in [-0.1, -0.05) is 24.3 Å². The van der Waals surface area contributed by atoms with Crippen molar-refractivity contribution in [2.75, 3.05) is 11.9 Å². The summed E-state index contributed by atoms with van der Waals surface area (Å²) in [6, 6.07) is 13.1. The molecule has 232 valence electrons. The predicted molar refractivity (Wildman–Crippen MR) is 164 cm³/mol. The van der Waals surface area contributed by atoms with Crippen molar-refractivity contribution in [1.29, 1.82) is 0 Å². The summed E-state index contributed by atoms with van der Waals surface area (Å²) in [5.74, 6) is -0.843. The van der Waals surface area contributed by atoms with Crippen LogP contribution in [-0.4, -0.2) is 65.0 Å². The molecular formula is C30H26ClFN6O6S. The Balaban J connectivity index is 1.33. The highest BCUT2D eigenvalue weighted by molar-refractivity contribution is 7.18. The number of ether oxygens (including phenoxy) is 2. The lowest BCUT2D eigenvalue weighted by Gasteiger charge is -2.28. The Hall–Kier alpha value is -4.68. The number of imidazole rings is 1. The van der Waals surface area contributed by atoms with Crippen molar-refractivity contribution in [2.45, 2.75) is 44.2 Å². The molecule has 15 heteroatoms. The molecule has 3 heterocycles. The molecule has 0 aliphatic rings. The molecule has 0 amide bonds. The molecule has 0 unspecified atom stereocenters. The van der Waals surface area contributed by atoms with Crippen LogP contribution in [0.4, 0.5) is 10.2 Å². The first-order valence-electron chi connectivity index (χ1n) is 13.5. The van der Waals surface area contributed by atoms with Crippen molar-refractivity contribution >= 4 is 62.1 Å². The topological polar surface area (TPSA) is 162 Å². The number of nitrogens with zero attached hydrogens (tertiary/aromatic N) is 5. The zero-order chi connectivity index (χ0) is 32.1. The molecule has 12 nitrogen and oxygen atoms in total. The number of anilines is 1. The Morgan fingerprint density at radius 1 is 1.16 bits per heavy atom. The monoisotopic (exact) mass is 652 g/mol. The van der Waals surface area contributed by atoms with Gasteiger partial charge in [0.15, 0.2) is 17.0 Å². The van der Waals surface area contributed by atoms with Crippen LogP contribution >= 0.6 is 22.9 Å². The van der Waals surface area contributed by atoms with E-state index >= 15 is 0 Å². The molecule has 0 saturated carbocycles. The highest BCUT2D eigenvalue weighted by Gasteiger charge is 2.49. The summed E-state index contributed by atoms with van der Waals surface area (Å²) in [4.78, 5) is 41.9. The maximum atomic E-state index is 13.3. The quantitative estimate of drug-likeness (QED) is 0.0847. The molecule has 0 bridgehead atoms. The molecule has 3 N–H and O–H groups in total. The Labute approximate surface area is 264 Å². The second-order valence-electron chi connectivity index (χ2n) is 9.96. The van der Waals surface area contributed by atoms with E-state index in [2.05, 4.69) is 31.2 Å². The summed E-state index contributed by atoms with van der Waals surface area (Å²) in [7, 11) is 0. The first-order valence-corrected chi connectivity index (χ1v) is 14.7. The molecule has 0 aliphatic heterocycles. The van der Waals surface area contributed by atoms with Crippen LogP contribution in [0.3, 0.4) is 0 Å². The third kappa shape index (κ3) is 7.02. The maximum absolute atomic E-state index is 13.3. The number of fused-ring (bicyclic) bond motifs is 2. The Morgan fingerprint density at radius 3 is 2.58 bits per heavy atom. The predicted octanol–water partition coefficient (Wildman–Crippen LogP) is 4.93. The summed E-state index contributed by atoms with van der Waals surface area (Å²) in [6.07, 6.45) is 4.93. The summed E-state index contributed by atoms with van der Waals surface area (Å²) >= 11 is 7.41. The highest BCUT2D eigenvalue weighted by atomic mass is 35.5. The summed E-state index contributed by atoms with van der Waals surface area (Å²) in [5, 5.41) is 23.3. The zero-order valence-corrected chi connectivity index (χ0v) is 25.3. The third-order valence-corrected chi connectivity index (χ3v) is 7.96. The van der Waals surface area contributed by atoms with E-state index in [4.69, 9.17) is 27.5 Å². The number of aliphatic carboxylic acids is 2. The SMILES string of the molecule is C#CC[C@@H](O[C@@H](C)COC(Cc1nc2ccccc2s1)(C(=O)O)C(=O)O)n1cnc2c(NCc3ccc(F)cc3)nc(Cl)nc21. The fourth-order valence-corrected chi connectivity index (χ4v) is 5.72. The first-order chi connectivity index (χ1) is 21.6. The number of nitrogens with one attached hydrogen (secondary N) is 1. The third-order valence-electron chi connectivity index (χ3n) is 6.75. The second-order valence-corrected chi connectivity index (χ2v) is 11.4. The first kappa shape index (κ1) is 31.7. The number of carboxylic acid groups (broad SMARTS) is 2. The maximum Gasteiger partial charge on any atom is 0.348 e. The number of rotatable bonds is 14. The molecule has 2 aromatic carbocycles. The van der Waals surface area contributed by atoms with Gasteiger partial charge in [0.25, 0.3) is 5.60 Å². The molecule has 5 aromatic rings. The minimum atomic E-state index is -2.61. The van der Waals surface area contributed by atoms with Crippen LogP contribution in [0.2, 0.25) is 5.28 Å². The largest absolute Gasteiger partial charge is 0.479 e. The summed E-state index contributed by atoms with van der Waals surface area (Å²) in [6.45, 7) is 1.49. The van der Waals surface area contributed by atoms with Gasteiger partial charge in [-0.05, 0) is 48.4 Å². The standard InChI is InChI=1S/C30H26ClFN6O6S/c1-3-6-23(38-16-34-24-25(36-29(31)37-26(24)38)33-14-18-9-11-19(32)12-10-18)44-17(2)15-43-30(27(39)40,28(41)42)13-22-35-20-7-4-5-8-21(20)45-22/h1,4-5,7-12,16-17,23H,6,13-15H2,2H3,(H,39,40)(H,41,42)(H,33,36,37)/t17-,23+/m0/s1. The van der Waals surface area contributed by atoms with E-state index < -0.39 is 42.9 Å². The number of terminal acetylenes is 1. The number of aromatic nitrogens is 5. The fraction of sp³-hybridized carbons (Fsp3) is 0.267. The van der Waals surface area contributed by atoms with Crippen molar-refractivity contribution in [3.05, 3.63) is 76.5 Å². The molecule has 5 rings (SSSR count). The number of carboxylic acids is 2. The number of thiazole rings is 1. The van der Waals surface area contributed by atoms with Crippen molar-refractivity contribution in [3.8, 4) is 12.3 Å². The molecule has 3 aromatic heterocycles. The van der Waals surface area contributed by atoms with Crippen molar-refractivity contribution in [2.24, 2.45) is 0 Å². The lowest BCUT2D eigenvalue weighted by Crippen LogP contribution is -2.52. The van der Waals surface area contributed by atoms with Gasteiger partial charge in [0.05, 0.1) is 47.1 Å². The molecule has 0 spiro atoms. The van der Waals surface area contributed by atoms with Crippen LogP contribution in [0.5, 0.6) is 0 Å². The van der Waals surface area contributed by atoms with Crippen LogP contribution in [0.1, 0.15) is 30.1 Å². The average molecular weight is 653 g/mol. The van der Waals surface area contributed by atoms with E-state index in [-0.39, 0.29) is 17.5 Å². The van der Waals surface area contributed by atoms with Crippen LogP contribution < -0.4 is 5.32 Å². The van der Waals surface area contributed by atoms with Crippen LogP contribution in [-0.2, 0) is 32.0 Å². The lowest BCUT2D eigenvalue weighted by molar-refractivity contribution is -0.189. The van der Waals surface area contributed by atoms with Gasteiger partial charge in [0.1, 0.15) is 12.0 Å². The van der Waals surface area contributed by atoms with Gasteiger partial charge in [-0.2, -0.15) is 9.97 Å². The summed E-state index contributed by atoms with van der Waals surface area (Å²) in [5.41, 5.74) is -0.529. The Kier molecular flexibility index (Phi) is 9.54. The van der Waals surface area contributed by atoms with Crippen molar-refractivity contribution < 1.29 is 33.7 Å². The molecule has 0 saturated heterocycles. The van der Waals surface area contributed by atoms with Gasteiger partial charge in [-0.15, -0.1) is 23.7 Å². The minimum Gasteiger partial charge on any atom is -0.479 e. The van der Waals surface area contributed by atoms with Crippen LogP contribution in [0, 0.1) is 18.2 Å². The number of hydrogen-bond acceptors (Lipinski definition) is 10. The van der Waals surface area contributed by atoms with Crippen LogP contribution in [0.15, 0.2) is 54.9 Å². The van der Waals surface area contributed by atoms with Crippen molar-refractivity contribution in [3.63, 3.8) is 0 Å². The van der Waals surface area contributed by atoms with Gasteiger partial charge in [0.2, 0.25) is 5.28 Å².